The van der Waals surface area contributed by atoms with Crippen LogP contribution in [0.4, 0.5) is 10.5 Å². The molecule has 136 valence electrons. The van der Waals surface area contributed by atoms with Gasteiger partial charge in [0.2, 0.25) is 0 Å². The second-order valence-corrected chi connectivity index (χ2v) is 8.17. The van der Waals surface area contributed by atoms with Gasteiger partial charge in [0.1, 0.15) is 11.4 Å². The topological polar surface area (TPSA) is 51.5 Å². The van der Waals surface area contributed by atoms with E-state index in [2.05, 4.69) is 43.2 Å². The molecule has 1 N–H and O–H groups in total. The molecular weight excluding hydrogens is 462 g/mol. The van der Waals surface area contributed by atoms with E-state index in [1.54, 1.807) is 0 Å². The van der Waals surface area contributed by atoms with Gasteiger partial charge in [-0.3, -0.25) is 5.32 Å². The van der Waals surface area contributed by atoms with Crippen molar-refractivity contribution in [2.24, 2.45) is 0 Å². The minimum absolute atomic E-state index is 0.499. The number of hydrogen-bond acceptors (Lipinski definition) is 3. The molecule has 0 radical (unpaired) electrons. The molecule has 0 saturated heterocycles. The van der Waals surface area contributed by atoms with Crippen LogP contribution in [-0.2, 0) is 10.1 Å². The van der Waals surface area contributed by atoms with E-state index in [0.717, 1.165) is 27.2 Å². The molecule has 0 aliphatic heterocycles. The maximum absolute atomic E-state index is 12.2. The van der Waals surface area contributed by atoms with Crippen molar-refractivity contribution in [3.63, 3.8) is 0 Å². The van der Waals surface area contributed by atoms with Crippen molar-refractivity contribution in [3.8, 4) is 11.3 Å². The summed E-state index contributed by atoms with van der Waals surface area (Å²) in [7, 11) is 0. The third-order valence-electron chi connectivity index (χ3n) is 3.69. The highest BCUT2D eigenvalue weighted by molar-refractivity contribution is 9.10. The van der Waals surface area contributed by atoms with Crippen molar-refractivity contribution in [3.05, 3.63) is 52.7 Å². The standard InChI is InChI=1S/C20H19Br2NO3/c1-20(2,3)26-19(24)23-16-7-5-4-6-14(16)17-13-9-8-12(11-21)10-15(13)18(22)25-17/h4-10H,11H2,1-3H3,(H,23,24). The first-order valence-corrected chi connectivity index (χ1v) is 10.1. The molecule has 1 aromatic heterocycles. The zero-order chi connectivity index (χ0) is 18.9. The fraction of sp³-hybridized carbons (Fsp3) is 0.250. The van der Waals surface area contributed by atoms with E-state index < -0.39 is 11.7 Å². The summed E-state index contributed by atoms with van der Waals surface area (Å²) in [5.74, 6) is 0.694. The first-order valence-electron chi connectivity index (χ1n) is 8.15. The molecule has 2 aromatic carbocycles. The van der Waals surface area contributed by atoms with Crippen LogP contribution in [0.5, 0.6) is 0 Å². The Kier molecular flexibility index (Phi) is 5.44. The first-order chi connectivity index (χ1) is 12.3. The van der Waals surface area contributed by atoms with Gasteiger partial charge in [0.05, 0.1) is 5.69 Å². The lowest BCUT2D eigenvalue weighted by Gasteiger charge is -2.20. The molecule has 0 aliphatic rings. The first kappa shape index (κ1) is 19.0. The van der Waals surface area contributed by atoms with Gasteiger partial charge in [-0.1, -0.05) is 40.2 Å². The summed E-state index contributed by atoms with van der Waals surface area (Å²) in [4.78, 5) is 12.2. The summed E-state index contributed by atoms with van der Waals surface area (Å²) < 4.78 is 12.0. The molecule has 0 fully saturated rings. The molecule has 1 amide bonds. The molecular formula is C20H19Br2NO3. The Balaban J connectivity index is 2.03. The van der Waals surface area contributed by atoms with Crippen LogP contribution in [0.25, 0.3) is 22.1 Å². The summed E-state index contributed by atoms with van der Waals surface area (Å²) in [6, 6.07) is 13.7. The summed E-state index contributed by atoms with van der Waals surface area (Å²) >= 11 is 6.97. The predicted molar refractivity (Wildman–Crippen MR) is 112 cm³/mol. The molecule has 0 unspecified atom stereocenters. The van der Waals surface area contributed by atoms with Gasteiger partial charge >= 0.3 is 6.09 Å². The van der Waals surface area contributed by atoms with E-state index in [1.165, 1.54) is 0 Å². The van der Waals surface area contributed by atoms with E-state index in [1.807, 2.05) is 57.2 Å². The smallest absolute Gasteiger partial charge is 0.412 e. The van der Waals surface area contributed by atoms with Gasteiger partial charge in [-0.05, 0) is 60.5 Å². The Morgan fingerprint density at radius 3 is 2.58 bits per heavy atom. The van der Waals surface area contributed by atoms with Crippen molar-refractivity contribution in [2.45, 2.75) is 31.7 Å². The maximum Gasteiger partial charge on any atom is 0.412 e. The van der Waals surface area contributed by atoms with Crippen molar-refractivity contribution in [1.82, 2.24) is 0 Å². The summed E-state index contributed by atoms with van der Waals surface area (Å²) in [6.45, 7) is 5.49. The molecule has 0 aliphatic carbocycles. The molecule has 0 saturated carbocycles. The van der Waals surface area contributed by atoms with E-state index in [4.69, 9.17) is 9.15 Å². The minimum atomic E-state index is -0.564. The van der Waals surface area contributed by atoms with E-state index in [9.17, 15) is 4.79 Å². The predicted octanol–water partition coefficient (Wildman–Crippen LogP) is 7.10. The molecule has 0 atom stereocenters. The van der Waals surface area contributed by atoms with Crippen LogP contribution in [0.2, 0.25) is 0 Å². The summed E-state index contributed by atoms with van der Waals surface area (Å²) in [6.07, 6.45) is -0.499. The Labute approximate surface area is 169 Å². The fourth-order valence-electron chi connectivity index (χ4n) is 2.64. The largest absolute Gasteiger partial charge is 0.448 e. The number of benzene rings is 2. The zero-order valence-electron chi connectivity index (χ0n) is 14.7. The average Bonchev–Trinajstić information content (AvgIpc) is 2.90. The summed E-state index contributed by atoms with van der Waals surface area (Å²) in [5.41, 5.74) is 2.02. The Hall–Kier alpha value is -1.79. The Morgan fingerprint density at radius 2 is 1.88 bits per heavy atom. The minimum Gasteiger partial charge on any atom is -0.448 e. The van der Waals surface area contributed by atoms with Crippen LogP contribution in [0, 0.1) is 0 Å². The Morgan fingerprint density at radius 1 is 1.15 bits per heavy atom. The molecule has 0 bridgehead atoms. The lowest BCUT2D eigenvalue weighted by molar-refractivity contribution is 0.0636. The fourth-order valence-corrected chi connectivity index (χ4v) is 3.48. The quantitative estimate of drug-likeness (QED) is 0.406. The number of amides is 1. The molecule has 1 heterocycles. The van der Waals surface area contributed by atoms with Crippen LogP contribution in [0.1, 0.15) is 26.3 Å². The SMILES string of the molecule is CC(C)(C)OC(=O)Nc1ccccc1-c1oc(Br)c2cc(CBr)ccc12. The van der Waals surface area contributed by atoms with Crippen molar-refractivity contribution >= 4 is 54.4 Å². The second-order valence-electron chi connectivity index (χ2n) is 6.89. The van der Waals surface area contributed by atoms with Crippen LogP contribution >= 0.6 is 31.9 Å². The summed E-state index contributed by atoms with van der Waals surface area (Å²) in [5, 5.41) is 5.55. The second kappa shape index (κ2) is 7.45. The molecule has 0 spiro atoms. The number of fused-ring (bicyclic) bond motifs is 1. The highest BCUT2D eigenvalue weighted by Crippen LogP contribution is 2.40. The molecule has 3 aromatic rings. The van der Waals surface area contributed by atoms with Gasteiger partial charge < -0.3 is 9.15 Å². The maximum atomic E-state index is 12.2. The number of carbonyl (C=O) groups excluding carboxylic acids is 1. The van der Waals surface area contributed by atoms with Gasteiger partial charge in [-0.15, -0.1) is 0 Å². The third-order valence-corrected chi connectivity index (χ3v) is 4.93. The van der Waals surface area contributed by atoms with E-state index in [0.29, 0.717) is 16.1 Å². The van der Waals surface area contributed by atoms with Crippen molar-refractivity contribution in [1.29, 1.82) is 0 Å². The van der Waals surface area contributed by atoms with Crippen LogP contribution in [0.3, 0.4) is 0 Å². The highest BCUT2D eigenvalue weighted by atomic mass is 79.9. The van der Waals surface area contributed by atoms with Gasteiger partial charge in [0.15, 0.2) is 4.67 Å². The number of furan rings is 1. The van der Waals surface area contributed by atoms with Gasteiger partial charge in [-0.2, -0.15) is 0 Å². The number of carbonyl (C=O) groups is 1. The van der Waals surface area contributed by atoms with Gasteiger partial charge in [0.25, 0.3) is 0 Å². The number of rotatable bonds is 3. The average molecular weight is 481 g/mol. The van der Waals surface area contributed by atoms with Crippen molar-refractivity contribution in [2.75, 3.05) is 5.32 Å². The zero-order valence-corrected chi connectivity index (χ0v) is 17.9. The lowest BCUT2D eigenvalue weighted by Crippen LogP contribution is -2.27. The number of ether oxygens (including phenoxy) is 1. The van der Waals surface area contributed by atoms with Gasteiger partial charge in [0, 0.05) is 21.7 Å². The van der Waals surface area contributed by atoms with E-state index in [-0.39, 0.29) is 0 Å². The molecule has 4 nitrogen and oxygen atoms in total. The van der Waals surface area contributed by atoms with Gasteiger partial charge in [-0.25, -0.2) is 4.79 Å². The van der Waals surface area contributed by atoms with E-state index >= 15 is 0 Å². The van der Waals surface area contributed by atoms with Crippen LogP contribution in [-0.4, -0.2) is 11.7 Å². The molecule has 26 heavy (non-hydrogen) atoms. The Bertz CT molecular complexity index is 957. The number of nitrogens with one attached hydrogen (secondary N) is 1. The highest BCUT2D eigenvalue weighted by Gasteiger charge is 2.20. The number of hydrogen-bond donors (Lipinski definition) is 1. The number of anilines is 1. The number of para-hydroxylation sites is 1. The molecule has 3 rings (SSSR count). The third kappa shape index (κ3) is 4.13. The van der Waals surface area contributed by atoms with Crippen LogP contribution in [0.15, 0.2) is 51.6 Å². The number of halogens is 2. The number of alkyl halides is 1. The molecule has 6 heteroatoms. The van der Waals surface area contributed by atoms with Crippen LogP contribution < -0.4 is 5.32 Å². The van der Waals surface area contributed by atoms with Crippen molar-refractivity contribution < 1.29 is 13.9 Å². The lowest BCUT2D eigenvalue weighted by atomic mass is 10.0. The monoisotopic (exact) mass is 479 g/mol. The normalized spacial score (nSPS) is 11.6.